The average molecular weight is 445 g/mol. The van der Waals surface area contributed by atoms with Crippen molar-refractivity contribution >= 4 is 17.6 Å². The third kappa shape index (κ3) is 6.72. The predicted octanol–water partition coefficient (Wildman–Crippen LogP) is 3.67. The molecule has 2 aliphatic rings. The van der Waals surface area contributed by atoms with Crippen molar-refractivity contribution in [3.8, 4) is 0 Å². The lowest BCUT2D eigenvalue weighted by molar-refractivity contribution is -0.137. The van der Waals surface area contributed by atoms with Crippen LogP contribution in [0.2, 0.25) is 5.02 Å². The highest BCUT2D eigenvalue weighted by atomic mass is 35.5. The second-order valence-corrected chi connectivity index (χ2v) is 8.08. The molecule has 0 radical (unpaired) electrons. The van der Waals surface area contributed by atoms with Gasteiger partial charge in [-0.25, -0.2) is 9.78 Å². The monoisotopic (exact) mass is 444 g/mol. The van der Waals surface area contributed by atoms with Crippen molar-refractivity contribution < 1.29 is 23.1 Å². The third-order valence-electron chi connectivity index (χ3n) is 5.49. The van der Waals surface area contributed by atoms with Gasteiger partial charge in [-0.1, -0.05) is 23.7 Å². The minimum atomic E-state index is -4.04. The molecule has 0 bridgehead atoms. The summed E-state index contributed by atoms with van der Waals surface area (Å²) >= 11 is 5.94. The van der Waals surface area contributed by atoms with Crippen molar-refractivity contribution in [2.75, 3.05) is 26.2 Å². The van der Waals surface area contributed by atoms with E-state index in [1.54, 1.807) is 0 Å². The van der Waals surface area contributed by atoms with Gasteiger partial charge >= 0.3 is 12.1 Å². The van der Waals surface area contributed by atoms with Crippen LogP contribution in [0, 0.1) is 17.8 Å². The number of likely N-dealkylation sites (tertiary alicyclic amines) is 1. The molecule has 1 aliphatic heterocycles. The van der Waals surface area contributed by atoms with Gasteiger partial charge < -0.3 is 20.3 Å². The van der Waals surface area contributed by atoms with E-state index in [1.807, 2.05) is 29.2 Å². The van der Waals surface area contributed by atoms with Gasteiger partial charge in [0.15, 0.2) is 0 Å². The molecule has 4 rings (SSSR count). The van der Waals surface area contributed by atoms with Gasteiger partial charge in [-0.3, -0.25) is 0 Å². The second kappa shape index (κ2) is 9.80. The number of imidazole rings is 1. The molecule has 2 aromatic rings. The molecular weight excluding hydrogens is 421 g/mol. The Balaban J connectivity index is 0.000000269. The normalized spacial score (nSPS) is 22.9. The number of carboxylic acid groups (broad SMARTS) is 1. The number of rotatable bonds is 7. The number of nitrogens with zero attached hydrogens (tertiary/aromatic N) is 2. The van der Waals surface area contributed by atoms with Crippen LogP contribution in [0.4, 0.5) is 13.2 Å². The highest BCUT2D eigenvalue weighted by Crippen LogP contribution is 2.51. The fraction of sp³-hybridized carbons (Fsp3) is 0.500. The average Bonchev–Trinajstić information content (AvgIpc) is 3.11. The zero-order valence-electron chi connectivity index (χ0n) is 16.2. The van der Waals surface area contributed by atoms with Crippen molar-refractivity contribution in [2.45, 2.75) is 19.1 Å². The molecule has 2 unspecified atom stereocenters. The molecule has 3 N–H and O–H groups in total. The van der Waals surface area contributed by atoms with Crippen molar-refractivity contribution in [3.05, 3.63) is 53.1 Å². The highest BCUT2D eigenvalue weighted by Gasteiger charge is 2.54. The second-order valence-electron chi connectivity index (χ2n) is 7.65. The Bertz CT molecular complexity index is 820. The van der Waals surface area contributed by atoms with Crippen LogP contribution in [0.1, 0.15) is 22.5 Å². The highest BCUT2D eigenvalue weighted by molar-refractivity contribution is 6.30. The van der Waals surface area contributed by atoms with E-state index in [1.165, 1.54) is 12.5 Å². The van der Waals surface area contributed by atoms with Gasteiger partial charge in [-0.2, -0.15) is 13.2 Å². The number of carbonyl (C=O) groups is 1. The van der Waals surface area contributed by atoms with Crippen molar-refractivity contribution in [1.82, 2.24) is 20.2 Å². The van der Waals surface area contributed by atoms with Crippen LogP contribution in [0.3, 0.4) is 0 Å². The van der Waals surface area contributed by atoms with Gasteiger partial charge in [0.1, 0.15) is 5.69 Å². The van der Waals surface area contributed by atoms with E-state index >= 15 is 0 Å². The molecule has 1 saturated heterocycles. The van der Waals surface area contributed by atoms with E-state index in [0.717, 1.165) is 36.8 Å². The van der Waals surface area contributed by atoms with Crippen LogP contribution in [-0.4, -0.2) is 58.3 Å². The van der Waals surface area contributed by atoms with Gasteiger partial charge in [0.25, 0.3) is 0 Å². The molecule has 6 nitrogen and oxygen atoms in total. The molecule has 2 heterocycles. The number of fused-ring (bicyclic) bond motifs is 1. The van der Waals surface area contributed by atoms with Crippen molar-refractivity contribution in [3.63, 3.8) is 0 Å². The first-order valence-electron chi connectivity index (χ1n) is 9.69. The van der Waals surface area contributed by atoms with Crippen LogP contribution < -0.4 is 5.32 Å². The summed E-state index contributed by atoms with van der Waals surface area (Å²) < 4.78 is 36.6. The molecular formula is C20H24ClF3N4O2. The number of halogens is 4. The summed E-state index contributed by atoms with van der Waals surface area (Å²) in [7, 11) is 0. The standard InChI is InChI=1S/C16H20ClF3N2.C4H4N2O2/c17-12-3-1-2-11(6-12)7-21-8-13-14-9-22(10-15(13)14)5-4-16(18,19)20;7-4(8)3-1-5-2-6-3/h1-3,6,13-15,21H,4-5,7-10H2;1-2H,(H,5,6)(H,7,8). The maximum absolute atomic E-state index is 12.2. The van der Waals surface area contributed by atoms with Crippen molar-refractivity contribution in [2.24, 2.45) is 17.8 Å². The molecule has 2 atom stereocenters. The number of benzene rings is 1. The Morgan fingerprint density at radius 1 is 1.33 bits per heavy atom. The number of carboxylic acids is 1. The van der Waals surface area contributed by atoms with Gasteiger partial charge in [0.2, 0.25) is 0 Å². The lowest BCUT2D eigenvalue weighted by Gasteiger charge is -2.20. The van der Waals surface area contributed by atoms with E-state index in [4.69, 9.17) is 16.7 Å². The summed E-state index contributed by atoms with van der Waals surface area (Å²) in [5, 5.41) is 12.4. The summed E-state index contributed by atoms with van der Waals surface area (Å²) in [5.41, 5.74) is 1.27. The quantitative estimate of drug-likeness (QED) is 0.607. The molecule has 1 aliphatic carbocycles. The van der Waals surface area contributed by atoms with E-state index in [9.17, 15) is 18.0 Å². The van der Waals surface area contributed by atoms with Crippen LogP contribution >= 0.6 is 11.6 Å². The minimum absolute atomic E-state index is 0.116. The molecule has 30 heavy (non-hydrogen) atoms. The number of aromatic amines is 1. The lowest BCUT2D eigenvalue weighted by atomic mass is 10.2. The van der Waals surface area contributed by atoms with E-state index in [-0.39, 0.29) is 12.2 Å². The number of aromatic carboxylic acids is 1. The summed E-state index contributed by atoms with van der Waals surface area (Å²) in [6.45, 7) is 3.52. The smallest absolute Gasteiger partial charge is 0.390 e. The Labute approximate surface area is 177 Å². The molecule has 2 fully saturated rings. The van der Waals surface area contributed by atoms with Gasteiger partial charge in [-0.05, 0) is 42.0 Å². The Hall–Kier alpha value is -2.10. The van der Waals surface area contributed by atoms with Crippen LogP contribution in [-0.2, 0) is 6.54 Å². The minimum Gasteiger partial charge on any atom is -0.477 e. The first-order chi connectivity index (χ1) is 14.2. The Morgan fingerprint density at radius 2 is 2.07 bits per heavy atom. The summed E-state index contributed by atoms with van der Waals surface area (Å²) in [4.78, 5) is 17.9. The number of hydrogen-bond acceptors (Lipinski definition) is 4. The SMILES string of the molecule is FC(F)(F)CCN1CC2C(CNCc3cccc(Cl)c3)C2C1.O=C(O)c1cnc[nH]1. The molecule has 0 spiro atoms. The first-order valence-corrected chi connectivity index (χ1v) is 10.1. The first kappa shape index (κ1) is 22.6. The molecule has 10 heteroatoms. The van der Waals surface area contributed by atoms with Crippen LogP contribution in [0.5, 0.6) is 0 Å². The van der Waals surface area contributed by atoms with Crippen LogP contribution in [0.25, 0.3) is 0 Å². The zero-order chi connectivity index (χ0) is 21.7. The van der Waals surface area contributed by atoms with Gasteiger partial charge in [0.05, 0.1) is 18.9 Å². The molecule has 164 valence electrons. The van der Waals surface area contributed by atoms with Gasteiger partial charge in [0, 0.05) is 31.2 Å². The lowest BCUT2D eigenvalue weighted by Crippen LogP contribution is -2.30. The number of H-pyrrole nitrogens is 1. The fourth-order valence-corrected chi connectivity index (χ4v) is 4.12. The maximum Gasteiger partial charge on any atom is 0.390 e. The topological polar surface area (TPSA) is 81.2 Å². The number of piperidine rings is 1. The maximum atomic E-state index is 12.2. The molecule has 1 aromatic carbocycles. The summed E-state index contributed by atoms with van der Waals surface area (Å²) in [6, 6.07) is 7.77. The number of alkyl halides is 3. The predicted molar refractivity (Wildman–Crippen MR) is 106 cm³/mol. The largest absolute Gasteiger partial charge is 0.477 e. The Kier molecular flexibility index (Phi) is 7.38. The molecule has 1 aromatic heterocycles. The Morgan fingerprint density at radius 3 is 2.60 bits per heavy atom. The molecule has 1 saturated carbocycles. The van der Waals surface area contributed by atoms with E-state index in [0.29, 0.717) is 17.8 Å². The third-order valence-corrected chi connectivity index (χ3v) is 5.72. The zero-order valence-corrected chi connectivity index (χ0v) is 17.0. The van der Waals surface area contributed by atoms with E-state index < -0.39 is 18.6 Å². The molecule has 0 amide bonds. The summed E-state index contributed by atoms with van der Waals surface area (Å²) in [6.07, 6.45) is -2.15. The number of nitrogens with one attached hydrogen (secondary N) is 2. The fourth-order valence-electron chi connectivity index (χ4n) is 3.91. The van der Waals surface area contributed by atoms with Crippen molar-refractivity contribution in [1.29, 1.82) is 0 Å². The number of hydrogen-bond donors (Lipinski definition) is 3. The number of aromatic nitrogens is 2. The van der Waals surface area contributed by atoms with E-state index in [2.05, 4.69) is 15.3 Å². The van der Waals surface area contributed by atoms with Gasteiger partial charge in [-0.15, -0.1) is 0 Å². The van der Waals surface area contributed by atoms with Crippen LogP contribution in [0.15, 0.2) is 36.8 Å². The summed E-state index contributed by atoms with van der Waals surface area (Å²) in [5.74, 6) is 0.809.